The molecule has 0 N–H and O–H groups in total. The molecular weight excluding hydrogens is 141 g/mol. The normalized spacial score (nSPS) is 10.5. The average Bonchev–Trinajstić information content (AvgIpc) is 2.04. The van der Waals surface area contributed by atoms with Crippen LogP contribution in [0.2, 0.25) is 0 Å². The standard InChI is InChI=1S/C9H12FN/c1-7(2)9-8(6-10)4-3-5-11-9/h3-5,7H,6H2,1-2H3. The van der Waals surface area contributed by atoms with Crippen LogP contribution in [0.1, 0.15) is 31.0 Å². The SMILES string of the molecule is CC(C)c1ncccc1CF. The van der Waals surface area contributed by atoms with Crippen molar-refractivity contribution in [2.24, 2.45) is 0 Å². The van der Waals surface area contributed by atoms with Gasteiger partial charge in [-0.3, -0.25) is 4.98 Å². The molecule has 11 heavy (non-hydrogen) atoms. The Bertz CT molecular complexity index is 233. The van der Waals surface area contributed by atoms with Crippen LogP contribution in [0.5, 0.6) is 0 Å². The second kappa shape index (κ2) is 3.46. The van der Waals surface area contributed by atoms with Crippen LogP contribution in [0.25, 0.3) is 0 Å². The molecule has 0 radical (unpaired) electrons. The first kappa shape index (κ1) is 8.18. The van der Waals surface area contributed by atoms with Crippen molar-refractivity contribution < 1.29 is 4.39 Å². The van der Waals surface area contributed by atoms with Gasteiger partial charge in [0.05, 0.1) is 0 Å². The number of hydrogen-bond donors (Lipinski definition) is 0. The summed E-state index contributed by atoms with van der Waals surface area (Å²) < 4.78 is 12.3. The van der Waals surface area contributed by atoms with E-state index in [1.54, 1.807) is 18.3 Å². The predicted molar refractivity (Wildman–Crippen MR) is 43.1 cm³/mol. The first-order valence-electron chi connectivity index (χ1n) is 3.75. The number of rotatable bonds is 2. The topological polar surface area (TPSA) is 12.9 Å². The lowest BCUT2D eigenvalue weighted by Gasteiger charge is -2.07. The number of hydrogen-bond acceptors (Lipinski definition) is 1. The van der Waals surface area contributed by atoms with E-state index in [-0.39, 0.29) is 0 Å². The molecule has 2 heteroatoms. The van der Waals surface area contributed by atoms with Crippen LogP contribution in [0, 0.1) is 0 Å². The van der Waals surface area contributed by atoms with E-state index >= 15 is 0 Å². The van der Waals surface area contributed by atoms with Gasteiger partial charge >= 0.3 is 0 Å². The van der Waals surface area contributed by atoms with E-state index in [9.17, 15) is 4.39 Å². The molecule has 1 aromatic heterocycles. The second-order valence-electron chi connectivity index (χ2n) is 2.84. The van der Waals surface area contributed by atoms with Gasteiger partial charge in [-0.25, -0.2) is 4.39 Å². The highest BCUT2D eigenvalue weighted by Gasteiger charge is 2.05. The lowest BCUT2D eigenvalue weighted by molar-refractivity contribution is 0.478. The molecule has 0 spiro atoms. The smallest absolute Gasteiger partial charge is 0.116 e. The van der Waals surface area contributed by atoms with Crippen LogP contribution in [0.3, 0.4) is 0 Å². The molecule has 0 amide bonds. The zero-order chi connectivity index (χ0) is 8.27. The van der Waals surface area contributed by atoms with Crippen LogP contribution in [-0.2, 0) is 6.67 Å². The Balaban J connectivity index is 3.02. The van der Waals surface area contributed by atoms with E-state index in [0.717, 1.165) is 5.69 Å². The molecule has 0 atom stereocenters. The third kappa shape index (κ3) is 1.76. The van der Waals surface area contributed by atoms with Gasteiger partial charge in [0.2, 0.25) is 0 Å². The van der Waals surface area contributed by atoms with Gasteiger partial charge in [0.25, 0.3) is 0 Å². The van der Waals surface area contributed by atoms with Crippen molar-refractivity contribution in [1.82, 2.24) is 4.98 Å². The quantitative estimate of drug-likeness (QED) is 0.636. The molecule has 1 nitrogen and oxygen atoms in total. The van der Waals surface area contributed by atoms with Crippen molar-refractivity contribution in [3.63, 3.8) is 0 Å². The first-order valence-corrected chi connectivity index (χ1v) is 3.75. The summed E-state index contributed by atoms with van der Waals surface area (Å²) in [6.45, 7) is 3.62. The van der Waals surface area contributed by atoms with E-state index in [1.807, 2.05) is 13.8 Å². The highest BCUT2D eigenvalue weighted by molar-refractivity contribution is 5.21. The van der Waals surface area contributed by atoms with Gasteiger partial charge in [-0.15, -0.1) is 0 Å². The molecule has 0 bridgehead atoms. The molecule has 0 aliphatic rings. The number of alkyl halides is 1. The van der Waals surface area contributed by atoms with Gasteiger partial charge in [-0.05, 0) is 12.0 Å². The molecule has 0 aromatic carbocycles. The van der Waals surface area contributed by atoms with Crippen LogP contribution in [-0.4, -0.2) is 4.98 Å². The Morgan fingerprint density at radius 1 is 1.55 bits per heavy atom. The predicted octanol–water partition coefficient (Wildman–Crippen LogP) is 2.67. The zero-order valence-corrected chi connectivity index (χ0v) is 6.84. The molecule has 1 aromatic rings. The Morgan fingerprint density at radius 2 is 2.27 bits per heavy atom. The molecule has 0 aliphatic heterocycles. The molecule has 0 unspecified atom stereocenters. The highest BCUT2D eigenvalue weighted by atomic mass is 19.1. The number of halogens is 1. The maximum absolute atomic E-state index is 12.3. The van der Waals surface area contributed by atoms with Gasteiger partial charge in [-0.2, -0.15) is 0 Å². The summed E-state index contributed by atoms with van der Waals surface area (Å²) >= 11 is 0. The van der Waals surface area contributed by atoms with Crippen molar-refractivity contribution >= 4 is 0 Å². The van der Waals surface area contributed by atoms with Gasteiger partial charge in [0, 0.05) is 17.5 Å². The van der Waals surface area contributed by atoms with Crippen molar-refractivity contribution in [3.8, 4) is 0 Å². The lowest BCUT2D eigenvalue weighted by Crippen LogP contribution is -1.97. The van der Waals surface area contributed by atoms with Gasteiger partial charge in [-0.1, -0.05) is 19.9 Å². The largest absolute Gasteiger partial charge is 0.261 e. The summed E-state index contributed by atoms with van der Waals surface area (Å²) in [5, 5.41) is 0. The highest BCUT2D eigenvalue weighted by Crippen LogP contribution is 2.16. The second-order valence-corrected chi connectivity index (χ2v) is 2.84. The molecule has 0 saturated carbocycles. The summed E-state index contributed by atoms with van der Waals surface area (Å²) in [7, 11) is 0. The van der Waals surface area contributed by atoms with Crippen molar-refractivity contribution in [1.29, 1.82) is 0 Å². The molecule has 60 valence electrons. The molecule has 0 fully saturated rings. The fourth-order valence-corrected chi connectivity index (χ4v) is 1.08. The maximum atomic E-state index is 12.3. The van der Waals surface area contributed by atoms with Crippen LogP contribution < -0.4 is 0 Å². The van der Waals surface area contributed by atoms with Gasteiger partial charge in [0.1, 0.15) is 6.67 Å². The van der Waals surface area contributed by atoms with Gasteiger partial charge in [0.15, 0.2) is 0 Å². The molecule has 1 rings (SSSR count). The summed E-state index contributed by atoms with van der Waals surface area (Å²) in [6, 6.07) is 3.54. The fourth-order valence-electron chi connectivity index (χ4n) is 1.08. The van der Waals surface area contributed by atoms with E-state index in [1.165, 1.54) is 0 Å². The van der Waals surface area contributed by atoms with E-state index in [0.29, 0.717) is 11.5 Å². The summed E-state index contributed by atoms with van der Waals surface area (Å²) in [4.78, 5) is 4.11. The Kier molecular flexibility index (Phi) is 2.58. The fraction of sp³-hybridized carbons (Fsp3) is 0.444. The summed E-state index contributed by atoms with van der Waals surface area (Å²) in [5.41, 5.74) is 1.58. The molecular formula is C9H12FN. The number of nitrogens with zero attached hydrogens (tertiary/aromatic N) is 1. The van der Waals surface area contributed by atoms with Crippen molar-refractivity contribution in [2.45, 2.75) is 26.4 Å². The Morgan fingerprint density at radius 3 is 2.73 bits per heavy atom. The van der Waals surface area contributed by atoms with Crippen LogP contribution in [0.15, 0.2) is 18.3 Å². The first-order chi connectivity index (χ1) is 5.25. The number of pyridine rings is 1. The Labute approximate surface area is 66.3 Å². The monoisotopic (exact) mass is 153 g/mol. The third-order valence-electron chi connectivity index (χ3n) is 1.62. The minimum Gasteiger partial charge on any atom is -0.261 e. The van der Waals surface area contributed by atoms with E-state index in [4.69, 9.17) is 0 Å². The minimum atomic E-state index is -0.415. The minimum absolute atomic E-state index is 0.307. The van der Waals surface area contributed by atoms with Crippen molar-refractivity contribution in [3.05, 3.63) is 29.6 Å². The third-order valence-corrected chi connectivity index (χ3v) is 1.62. The molecule has 1 heterocycles. The van der Waals surface area contributed by atoms with Crippen LogP contribution in [0.4, 0.5) is 4.39 Å². The van der Waals surface area contributed by atoms with Gasteiger partial charge < -0.3 is 0 Å². The maximum Gasteiger partial charge on any atom is 0.116 e. The lowest BCUT2D eigenvalue weighted by atomic mass is 10.1. The average molecular weight is 153 g/mol. The molecule has 0 aliphatic carbocycles. The van der Waals surface area contributed by atoms with Crippen LogP contribution >= 0.6 is 0 Å². The van der Waals surface area contributed by atoms with Crippen molar-refractivity contribution in [2.75, 3.05) is 0 Å². The number of aromatic nitrogens is 1. The summed E-state index contributed by atoms with van der Waals surface area (Å²) in [5.74, 6) is 0.307. The molecule has 0 saturated heterocycles. The van der Waals surface area contributed by atoms with E-state index < -0.39 is 6.67 Å². The summed E-state index contributed by atoms with van der Waals surface area (Å²) in [6.07, 6.45) is 1.70. The van der Waals surface area contributed by atoms with E-state index in [2.05, 4.69) is 4.98 Å². The Hall–Kier alpha value is -0.920. The zero-order valence-electron chi connectivity index (χ0n) is 6.84.